The standard InChI is InChI=1S/C22H25N7O/c1-15-6-4-5-7-17(15)18-12-20(27(3)26-18)25-22-13-21(24-19-8-9-23-29(19)22)28-10-11-30-14-16(28)2/h4-9,12-13,16,25H,10-11,14H2,1-3H3. The van der Waals surface area contributed by atoms with Crippen molar-refractivity contribution < 1.29 is 4.74 Å². The van der Waals surface area contributed by atoms with E-state index in [0.717, 1.165) is 40.9 Å². The van der Waals surface area contributed by atoms with Crippen molar-refractivity contribution in [3.63, 3.8) is 0 Å². The molecule has 8 heteroatoms. The quantitative estimate of drug-likeness (QED) is 0.563. The Morgan fingerprint density at radius 3 is 2.83 bits per heavy atom. The van der Waals surface area contributed by atoms with Crippen molar-refractivity contribution in [1.82, 2.24) is 24.4 Å². The van der Waals surface area contributed by atoms with Crippen LogP contribution in [-0.4, -0.2) is 50.2 Å². The van der Waals surface area contributed by atoms with E-state index in [9.17, 15) is 0 Å². The molecule has 3 aromatic heterocycles. The largest absolute Gasteiger partial charge is 0.377 e. The van der Waals surface area contributed by atoms with E-state index in [1.807, 2.05) is 40.5 Å². The predicted molar refractivity (Wildman–Crippen MR) is 117 cm³/mol. The molecule has 1 aliphatic heterocycles. The molecule has 1 aliphatic rings. The van der Waals surface area contributed by atoms with Gasteiger partial charge in [0.2, 0.25) is 0 Å². The van der Waals surface area contributed by atoms with Gasteiger partial charge in [0.05, 0.1) is 31.1 Å². The second-order valence-corrected chi connectivity index (χ2v) is 7.70. The van der Waals surface area contributed by atoms with Crippen LogP contribution in [0.1, 0.15) is 12.5 Å². The van der Waals surface area contributed by atoms with Crippen LogP contribution in [0.4, 0.5) is 17.5 Å². The van der Waals surface area contributed by atoms with Gasteiger partial charge in [0, 0.05) is 37.4 Å². The third-order valence-electron chi connectivity index (χ3n) is 5.56. The van der Waals surface area contributed by atoms with Crippen LogP contribution in [0, 0.1) is 6.92 Å². The van der Waals surface area contributed by atoms with Gasteiger partial charge in [0.1, 0.15) is 17.5 Å². The molecule has 0 radical (unpaired) electrons. The Hall–Kier alpha value is -3.39. The maximum Gasteiger partial charge on any atom is 0.159 e. The molecule has 154 valence electrons. The number of aryl methyl sites for hydroxylation is 2. The lowest BCUT2D eigenvalue weighted by Crippen LogP contribution is -2.44. The molecule has 1 saturated heterocycles. The van der Waals surface area contributed by atoms with E-state index in [0.29, 0.717) is 13.2 Å². The van der Waals surface area contributed by atoms with Crippen LogP contribution in [0.25, 0.3) is 16.9 Å². The molecule has 0 spiro atoms. The summed E-state index contributed by atoms with van der Waals surface area (Å²) in [4.78, 5) is 7.09. The van der Waals surface area contributed by atoms with E-state index in [-0.39, 0.29) is 6.04 Å². The van der Waals surface area contributed by atoms with Crippen LogP contribution in [0.2, 0.25) is 0 Å². The fourth-order valence-corrected chi connectivity index (χ4v) is 3.91. The molecule has 1 aromatic carbocycles. The second kappa shape index (κ2) is 7.46. The highest BCUT2D eigenvalue weighted by molar-refractivity contribution is 5.69. The highest BCUT2D eigenvalue weighted by Gasteiger charge is 2.22. The zero-order valence-electron chi connectivity index (χ0n) is 17.4. The number of hydrogen-bond donors (Lipinski definition) is 1. The maximum atomic E-state index is 5.59. The monoisotopic (exact) mass is 403 g/mol. The van der Waals surface area contributed by atoms with Crippen molar-refractivity contribution >= 4 is 23.1 Å². The number of ether oxygens (including phenoxy) is 1. The van der Waals surface area contributed by atoms with Crippen molar-refractivity contribution in [1.29, 1.82) is 0 Å². The number of benzene rings is 1. The van der Waals surface area contributed by atoms with Gasteiger partial charge in [0.25, 0.3) is 0 Å². The van der Waals surface area contributed by atoms with Crippen molar-refractivity contribution in [2.45, 2.75) is 19.9 Å². The van der Waals surface area contributed by atoms with Crippen LogP contribution in [0.15, 0.2) is 48.7 Å². The van der Waals surface area contributed by atoms with Crippen LogP contribution >= 0.6 is 0 Å². The van der Waals surface area contributed by atoms with Crippen LogP contribution in [-0.2, 0) is 11.8 Å². The number of hydrogen-bond acceptors (Lipinski definition) is 6. The molecule has 30 heavy (non-hydrogen) atoms. The van der Waals surface area contributed by atoms with Gasteiger partial charge in [-0.15, -0.1) is 0 Å². The summed E-state index contributed by atoms with van der Waals surface area (Å²) in [5, 5.41) is 12.7. The summed E-state index contributed by atoms with van der Waals surface area (Å²) in [6.07, 6.45) is 1.77. The maximum absolute atomic E-state index is 5.59. The molecular formula is C22H25N7O. The summed E-state index contributed by atoms with van der Waals surface area (Å²) < 4.78 is 9.26. The van der Waals surface area contributed by atoms with Crippen molar-refractivity contribution in [2.24, 2.45) is 7.05 Å². The normalized spacial score (nSPS) is 16.9. The molecule has 4 heterocycles. The van der Waals surface area contributed by atoms with Gasteiger partial charge in [-0.3, -0.25) is 4.68 Å². The third-order valence-corrected chi connectivity index (χ3v) is 5.56. The van der Waals surface area contributed by atoms with E-state index in [4.69, 9.17) is 14.8 Å². The summed E-state index contributed by atoms with van der Waals surface area (Å²) in [5.41, 5.74) is 4.06. The van der Waals surface area contributed by atoms with Gasteiger partial charge in [0.15, 0.2) is 5.65 Å². The SMILES string of the molecule is Cc1ccccc1-c1cc(Nc2cc(N3CCOCC3C)nc3ccnn23)n(C)n1. The van der Waals surface area contributed by atoms with Gasteiger partial charge in [-0.2, -0.15) is 14.7 Å². The lowest BCUT2D eigenvalue weighted by molar-refractivity contribution is 0.0985. The van der Waals surface area contributed by atoms with E-state index >= 15 is 0 Å². The van der Waals surface area contributed by atoms with Crippen LogP contribution in [0.3, 0.4) is 0 Å². The van der Waals surface area contributed by atoms with Crippen molar-refractivity contribution in [3.8, 4) is 11.3 Å². The van der Waals surface area contributed by atoms with Gasteiger partial charge in [-0.1, -0.05) is 24.3 Å². The smallest absolute Gasteiger partial charge is 0.159 e. The first kappa shape index (κ1) is 18.6. The number of nitrogens with zero attached hydrogens (tertiary/aromatic N) is 6. The van der Waals surface area contributed by atoms with Crippen LogP contribution < -0.4 is 10.2 Å². The lowest BCUT2D eigenvalue weighted by atomic mass is 10.1. The lowest BCUT2D eigenvalue weighted by Gasteiger charge is -2.34. The number of anilines is 3. The summed E-state index contributed by atoms with van der Waals surface area (Å²) >= 11 is 0. The Kier molecular flexibility index (Phi) is 4.63. The number of nitrogens with one attached hydrogen (secondary N) is 1. The Labute approximate surface area is 175 Å². The van der Waals surface area contributed by atoms with Crippen molar-refractivity contribution in [3.05, 3.63) is 54.2 Å². The van der Waals surface area contributed by atoms with E-state index in [2.05, 4.69) is 47.4 Å². The van der Waals surface area contributed by atoms with E-state index in [1.165, 1.54) is 5.56 Å². The molecule has 1 fully saturated rings. The highest BCUT2D eigenvalue weighted by atomic mass is 16.5. The first-order valence-corrected chi connectivity index (χ1v) is 10.2. The van der Waals surface area contributed by atoms with Gasteiger partial charge in [-0.25, -0.2) is 4.98 Å². The van der Waals surface area contributed by atoms with Gasteiger partial charge >= 0.3 is 0 Å². The summed E-state index contributed by atoms with van der Waals surface area (Å²) in [6.45, 7) is 6.49. The predicted octanol–water partition coefficient (Wildman–Crippen LogP) is 3.41. The summed E-state index contributed by atoms with van der Waals surface area (Å²) in [6, 6.07) is 14.6. The van der Waals surface area contributed by atoms with E-state index in [1.54, 1.807) is 6.20 Å². The fraction of sp³-hybridized carbons (Fsp3) is 0.318. The molecule has 0 bridgehead atoms. The minimum absolute atomic E-state index is 0.272. The Morgan fingerprint density at radius 1 is 1.13 bits per heavy atom. The first-order valence-electron chi connectivity index (χ1n) is 10.2. The van der Waals surface area contributed by atoms with Crippen LogP contribution in [0.5, 0.6) is 0 Å². The summed E-state index contributed by atoms with van der Waals surface area (Å²) in [5.74, 6) is 2.65. The average molecular weight is 403 g/mol. The van der Waals surface area contributed by atoms with Crippen molar-refractivity contribution in [2.75, 3.05) is 30.0 Å². The Balaban J connectivity index is 1.53. The fourth-order valence-electron chi connectivity index (χ4n) is 3.91. The molecule has 8 nitrogen and oxygen atoms in total. The molecule has 1 atom stereocenters. The molecule has 0 aliphatic carbocycles. The average Bonchev–Trinajstić information content (AvgIpc) is 3.35. The topological polar surface area (TPSA) is 72.5 Å². The second-order valence-electron chi connectivity index (χ2n) is 7.70. The minimum Gasteiger partial charge on any atom is -0.377 e. The molecule has 1 N–H and O–H groups in total. The number of aromatic nitrogens is 5. The van der Waals surface area contributed by atoms with Gasteiger partial charge < -0.3 is 15.0 Å². The molecule has 0 amide bonds. The molecule has 5 rings (SSSR count). The number of rotatable bonds is 4. The summed E-state index contributed by atoms with van der Waals surface area (Å²) in [7, 11) is 1.94. The molecule has 4 aromatic rings. The molecule has 0 saturated carbocycles. The first-order chi connectivity index (χ1) is 14.6. The zero-order valence-corrected chi connectivity index (χ0v) is 17.4. The van der Waals surface area contributed by atoms with Gasteiger partial charge in [-0.05, 0) is 19.4 Å². The Bertz CT molecular complexity index is 1200. The minimum atomic E-state index is 0.272. The molecule has 1 unspecified atom stereocenters. The number of fused-ring (bicyclic) bond motifs is 1. The Morgan fingerprint density at radius 2 is 2.00 bits per heavy atom. The van der Waals surface area contributed by atoms with E-state index < -0.39 is 0 Å². The third kappa shape index (κ3) is 3.29. The molecular weight excluding hydrogens is 378 g/mol. The highest BCUT2D eigenvalue weighted by Crippen LogP contribution is 2.28. The number of morpholine rings is 1. The zero-order chi connectivity index (χ0) is 20.7.